The lowest BCUT2D eigenvalue weighted by molar-refractivity contribution is -0.493. The van der Waals surface area contributed by atoms with Crippen molar-refractivity contribution in [2.45, 2.75) is 59.9 Å². The van der Waals surface area contributed by atoms with Gasteiger partial charge in [-0.2, -0.15) is 4.89 Å². The van der Waals surface area contributed by atoms with Crippen LogP contribution >= 0.6 is 0 Å². The van der Waals surface area contributed by atoms with Gasteiger partial charge in [0.25, 0.3) is 11.7 Å². The van der Waals surface area contributed by atoms with E-state index in [4.69, 9.17) is 19.2 Å². The standard InChI is InChI=1S/C20H28O5/c1-11(2)8-9-12(3)16-15-10-13(4)20(25-24-15)19(16,6)17(21)14(5)18(22-7)23-20/h9-11,15-16H,8H2,1-7H3/b12-9-. The van der Waals surface area contributed by atoms with Gasteiger partial charge in [-0.3, -0.25) is 4.79 Å². The minimum atomic E-state index is -1.29. The number of carbonyl (C=O) groups is 1. The van der Waals surface area contributed by atoms with E-state index in [1.54, 1.807) is 6.92 Å². The zero-order chi connectivity index (χ0) is 18.6. The van der Waals surface area contributed by atoms with Crippen LogP contribution in [0.5, 0.6) is 0 Å². The molecule has 1 saturated heterocycles. The predicted octanol–water partition coefficient (Wildman–Crippen LogP) is 4.07. The van der Waals surface area contributed by atoms with Crippen molar-refractivity contribution >= 4 is 5.78 Å². The van der Waals surface area contributed by atoms with Crippen molar-refractivity contribution in [3.05, 3.63) is 34.8 Å². The molecule has 0 aromatic rings. The van der Waals surface area contributed by atoms with E-state index < -0.39 is 11.2 Å². The molecule has 1 spiro atoms. The summed E-state index contributed by atoms with van der Waals surface area (Å²) >= 11 is 0. The molecular formula is C20H28O5. The number of fused-ring (bicyclic) bond motifs is 1. The Morgan fingerprint density at radius 3 is 2.64 bits per heavy atom. The van der Waals surface area contributed by atoms with Crippen molar-refractivity contribution < 1.29 is 24.0 Å². The molecule has 0 radical (unpaired) electrons. The van der Waals surface area contributed by atoms with Crippen LogP contribution in [0, 0.1) is 17.3 Å². The first-order valence-corrected chi connectivity index (χ1v) is 8.87. The summed E-state index contributed by atoms with van der Waals surface area (Å²) in [7, 11) is 1.49. The van der Waals surface area contributed by atoms with Crippen LogP contribution in [-0.4, -0.2) is 24.8 Å². The van der Waals surface area contributed by atoms with Crippen LogP contribution in [0.1, 0.15) is 48.0 Å². The summed E-state index contributed by atoms with van der Waals surface area (Å²) in [6, 6.07) is 0. The van der Waals surface area contributed by atoms with E-state index in [9.17, 15) is 4.79 Å². The molecule has 4 unspecified atom stereocenters. The number of carbonyl (C=O) groups excluding carboxylic acids is 1. The number of methoxy groups -OCH3 is 1. The summed E-state index contributed by atoms with van der Waals surface area (Å²) in [5, 5.41) is 0. The lowest BCUT2D eigenvalue weighted by atomic mass is 9.56. The molecule has 4 atom stereocenters. The number of ether oxygens (including phenoxy) is 2. The van der Waals surface area contributed by atoms with E-state index in [2.05, 4.69) is 26.8 Å². The molecule has 1 aliphatic carbocycles. The number of rotatable bonds is 4. The molecule has 0 saturated carbocycles. The van der Waals surface area contributed by atoms with Gasteiger partial charge in [-0.1, -0.05) is 25.5 Å². The Bertz CT molecular complexity index is 686. The van der Waals surface area contributed by atoms with Gasteiger partial charge < -0.3 is 9.47 Å². The molecule has 5 heteroatoms. The van der Waals surface area contributed by atoms with Gasteiger partial charge in [-0.25, -0.2) is 4.89 Å². The first-order valence-electron chi connectivity index (χ1n) is 8.87. The second-order valence-electron chi connectivity index (χ2n) is 7.92. The Morgan fingerprint density at radius 1 is 1.40 bits per heavy atom. The third kappa shape index (κ3) is 2.32. The Kier molecular flexibility index (Phi) is 4.36. The quantitative estimate of drug-likeness (QED) is 0.566. The summed E-state index contributed by atoms with van der Waals surface area (Å²) in [4.78, 5) is 24.7. The molecule has 25 heavy (non-hydrogen) atoms. The van der Waals surface area contributed by atoms with Gasteiger partial charge in [0.1, 0.15) is 11.5 Å². The van der Waals surface area contributed by atoms with Crippen LogP contribution in [-0.2, 0) is 24.0 Å². The first-order chi connectivity index (χ1) is 11.7. The van der Waals surface area contributed by atoms with Gasteiger partial charge in [-0.15, -0.1) is 0 Å². The summed E-state index contributed by atoms with van der Waals surface area (Å²) in [6.07, 6.45) is 4.86. The third-order valence-electron chi connectivity index (χ3n) is 5.79. The highest BCUT2D eigenvalue weighted by molar-refractivity contribution is 6.02. The Labute approximate surface area is 149 Å². The minimum Gasteiger partial charge on any atom is -0.468 e. The van der Waals surface area contributed by atoms with E-state index in [1.165, 1.54) is 7.11 Å². The van der Waals surface area contributed by atoms with Crippen LogP contribution in [0.15, 0.2) is 34.8 Å². The number of allylic oxidation sites excluding steroid dienone is 2. The van der Waals surface area contributed by atoms with Crippen molar-refractivity contribution in [2.24, 2.45) is 17.3 Å². The molecule has 3 heterocycles. The zero-order valence-corrected chi connectivity index (χ0v) is 16.1. The highest BCUT2D eigenvalue weighted by Gasteiger charge is 2.72. The average Bonchev–Trinajstić information content (AvgIpc) is 2.56. The Balaban J connectivity index is 2.16. The van der Waals surface area contributed by atoms with Crippen LogP contribution < -0.4 is 0 Å². The molecule has 0 aromatic carbocycles. The van der Waals surface area contributed by atoms with Crippen molar-refractivity contribution in [3.63, 3.8) is 0 Å². The average molecular weight is 348 g/mol. The maximum atomic E-state index is 13.4. The van der Waals surface area contributed by atoms with Crippen molar-refractivity contribution in [1.29, 1.82) is 0 Å². The largest absolute Gasteiger partial charge is 0.468 e. The molecule has 2 bridgehead atoms. The molecule has 1 fully saturated rings. The fraction of sp³-hybridized carbons (Fsp3) is 0.650. The van der Waals surface area contributed by atoms with Crippen LogP contribution in [0.3, 0.4) is 0 Å². The molecule has 0 aromatic heterocycles. The predicted molar refractivity (Wildman–Crippen MR) is 93.1 cm³/mol. The molecule has 4 aliphatic rings. The Hall–Kier alpha value is -1.59. The lowest BCUT2D eigenvalue weighted by Gasteiger charge is -2.59. The molecule has 3 aliphatic heterocycles. The van der Waals surface area contributed by atoms with Crippen molar-refractivity contribution in [3.8, 4) is 0 Å². The maximum absolute atomic E-state index is 13.4. The fourth-order valence-corrected chi connectivity index (χ4v) is 4.40. The van der Waals surface area contributed by atoms with Crippen LogP contribution in [0.25, 0.3) is 0 Å². The molecule has 0 N–H and O–H groups in total. The van der Waals surface area contributed by atoms with Crippen molar-refractivity contribution in [1.82, 2.24) is 0 Å². The van der Waals surface area contributed by atoms with E-state index >= 15 is 0 Å². The summed E-state index contributed by atoms with van der Waals surface area (Å²) < 4.78 is 11.4. The Morgan fingerprint density at radius 2 is 2.08 bits per heavy atom. The highest BCUT2D eigenvalue weighted by Crippen LogP contribution is 2.61. The zero-order valence-electron chi connectivity index (χ0n) is 16.1. The van der Waals surface area contributed by atoms with Gasteiger partial charge in [0.2, 0.25) is 0 Å². The molecule has 138 valence electrons. The second kappa shape index (κ2) is 5.99. The number of hydrogen-bond acceptors (Lipinski definition) is 5. The van der Waals surface area contributed by atoms with Gasteiger partial charge in [0, 0.05) is 11.5 Å². The molecular weight excluding hydrogens is 320 g/mol. The number of Topliss-reactive ketones (excluding diaryl/α,β-unsaturated/α-hetero) is 1. The van der Waals surface area contributed by atoms with E-state index in [0.29, 0.717) is 11.5 Å². The fourth-order valence-electron chi connectivity index (χ4n) is 4.40. The summed E-state index contributed by atoms with van der Waals surface area (Å²) in [5.74, 6) is -0.710. The maximum Gasteiger partial charge on any atom is 0.288 e. The smallest absolute Gasteiger partial charge is 0.288 e. The molecule has 0 amide bonds. The third-order valence-corrected chi connectivity index (χ3v) is 5.79. The molecule has 5 nitrogen and oxygen atoms in total. The molecule has 4 rings (SSSR count). The lowest BCUT2D eigenvalue weighted by Crippen LogP contribution is -2.69. The van der Waals surface area contributed by atoms with E-state index in [0.717, 1.165) is 17.6 Å². The van der Waals surface area contributed by atoms with E-state index in [-0.39, 0.29) is 23.8 Å². The number of ketones is 1. The first kappa shape index (κ1) is 18.2. The minimum absolute atomic E-state index is 0.0151. The van der Waals surface area contributed by atoms with Gasteiger partial charge in [0.15, 0.2) is 5.78 Å². The normalized spacial score (nSPS) is 37.8. The van der Waals surface area contributed by atoms with Gasteiger partial charge in [-0.05, 0) is 46.1 Å². The topological polar surface area (TPSA) is 54.0 Å². The number of hydrogen-bond donors (Lipinski definition) is 0. The van der Waals surface area contributed by atoms with Gasteiger partial charge >= 0.3 is 0 Å². The second-order valence-corrected chi connectivity index (χ2v) is 7.92. The van der Waals surface area contributed by atoms with Crippen LogP contribution in [0.2, 0.25) is 0 Å². The summed E-state index contributed by atoms with van der Waals surface area (Å²) in [6.45, 7) is 12.0. The highest BCUT2D eigenvalue weighted by atomic mass is 17.2. The SMILES string of the molecule is COC1=C(C)C(=O)C2(C)C(/C(C)=C\CC(C)C)C3C=C(C)C2(OO3)O1. The van der Waals surface area contributed by atoms with E-state index in [1.807, 2.05) is 19.9 Å². The monoisotopic (exact) mass is 348 g/mol. The van der Waals surface area contributed by atoms with Gasteiger partial charge in [0.05, 0.1) is 12.7 Å². The van der Waals surface area contributed by atoms with Crippen LogP contribution in [0.4, 0.5) is 0 Å². The summed E-state index contributed by atoms with van der Waals surface area (Å²) in [5.41, 5.74) is 1.55. The van der Waals surface area contributed by atoms with Crippen molar-refractivity contribution in [2.75, 3.05) is 7.11 Å².